The van der Waals surface area contributed by atoms with Crippen LogP contribution in [0.2, 0.25) is 0 Å². The van der Waals surface area contributed by atoms with E-state index < -0.39 is 0 Å². The summed E-state index contributed by atoms with van der Waals surface area (Å²) in [7, 11) is 1.70. The van der Waals surface area contributed by atoms with Crippen molar-refractivity contribution in [2.24, 2.45) is 0 Å². The van der Waals surface area contributed by atoms with E-state index in [4.69, 9.17) is 4.74 Å². The van der Waals surface area contributed by atoms with Crippen molar-refractivity contribution in [3.8, 4) is 5.75 Å². The zero-order valence-electron chi connectivity index (χ0n) is 11.5. The molecule has 20 heavy (non-hydrogen) atoms. The summed E-state index contributed by atoms with van der Waals surface area (Å²) < 4.78 is 5.44. The number of ether oxygens (including phenoxy) is 1. The summed E-state index contributed by atoms with van der Waals surface area (Å²) >= 11 is 0. The van der Waals surface area contributed by atoms with Gasteiger partial charge in [0.25, 0.3) is 0 Å². The van der Waals surface area contributed by atoms with Crippen LogP contribution in [0.25, 0.3) is 16.3 Å². The molecule has 0 bridgehead atoms. The molecule has 0 fully saturated rings. The fourth-order valence-corrected chi connectivity index (χ4v) is 2.51. The molecule has 0 amide bonds. The number of methoxy groups -OCH3 is 1. The third-order valence-electron chi connectivity index (χ3n) is 3.55. The highest BCUT2D eigenvalue weighted by Gasteiger charge is 2.09. The van der Waals surface area contributed by atoms with Crippen LogP contribution in [0.5, 0.6) is 5.75 Å². The Morgan fingerprint density at radius 1 is 0.800 bits per heavy atom. The lowest BCUT2D eigenvalue weighted by atomic mass is 9.94. The minimum Gasteiger partial charge on any atom is -0.496 e. The molecular weight excluding hydrogens is 244 g/mol. The van der Waals surface area contributed by atoms with Gasteiger partial charge in [0.2, 0.25) is 0 Å². The Balaban J connectivity index is 2.20. The molecule has 0 saturated carbocycles. The maximum absolute atomic E-state index is 5.44. The number of fused-ring (bicyclic) bond motifs is 1. The quantitative estimate of drug-likeness (QED) is 0.650. The highest BCUT2D eigenvalue weighted by molar-refractivity contribution is 6.00. The molecule has 3 rings (SSSR count). The lowest BCUT2D eigenvalue weighted by Crippen LogP contribution is -1.91. The minimum absolute atomic E-state index is 0.894. The average molecular weight is 260 g/mol. The Hall–Kier alpha value is -2.54. The number of hydrogen-bond donors (Lipinski definition) is 0. The Labute approximate surface area is 119 Å². The van der Waals surface area contributed by atoms with Gasteiger partial charge in [-0.15, -0.1) is 0 Å². The molecule has 98 valence electrons. The van der Waals surface area contributed by atoms with Crippen molar-refractivity contribution < 1.29 is 4.74 Å². The van der Waals surface area contributed by atoms with E-state index in [0.29, 0.717) is 0 Å². The maximum Gasteiger partial charge on any atom is 0.126 e. The molecule has 0 unspecified atom stereocenters. The van der Waals surface area contributed by atoms with Crippen molar-refractivity contribution in [1.82, 2.24) is 0 Å². The highest BCUT2D eigenvalue weighted by Crippen LogP contribution is 2.33. The lowest BCUT2D eigenvalue weighted by molar-refractivity contribution is 0.420. The molecule has 3 aromatic rings. The van der Waals surface area contributed by atoms with Crippen molar-refractivity contribution >= 4 is 16.3 Å². The predicted octanol–water partition coefficient (Wildman–Crippen LogP) is 4.91. The van der Waals surface area contributed by atoms with Gasteiger partial charge < -0.3 is 4.74 Å². The molecule has 0 N–H and O–H groups in total. The SMILES string of the molecule is C=C(c1ccccc1)c1ccc(OC)c2ccccc12. The summed E-state index contributed by atoms with van der Waals surface area (Å²) in [5.41, 5.74) is 3.32. The maximum atomic E-state index is 5.44. The average Bonchev–Trinajstić information content (AvgIpc) is 2.54. The third-order valence-corrected chi connectivity index (χ3v) is 3.55. The number of rotatable bonds is 3. The third kappa shape index (κ3) is 2.08. The zero-order chi connectivity index (χ0) is 13.9. The Kier molecular flexibility index (Phi) is 3.26. The van der Waals surface area contributed by atoms with Gasteiger partial charge in [-0.25, -0.2) is 0 Å². The molecule has 0 heterocycles. The van der Waals surface area contributed by atoms with E-state index in [0.717, 1.165) is 27.8 Å². The molecule has 0 aliphatic carbocycles. The normalized spacial score (nSPS) is 10.4. The first kappa shape index (κ1) is 12.5. The standard InChI is InChI=1S/C19H16O/c1-14(15-8-4-3-5-9-15)16-12-13-19(20-2)18-11-7-6-10-17(16)18/h3-13H,1H2,2H3. The molecule has 1 nitrogen and oxygen atoms in total. The second-order valence-electron chi connectivity index (χ2n) is 4.71. The van der Waals surface area contributed by atoms with Crippen LogP contribution >= 0.6 is 0 Å². The van der Waals surface area contributed by atoms with Crippen LogP contribution in [-0.4, -0.2) is 7.11 Å². The molecule has 0 atom stereocenters. The van der Waals surface area contributed by atoms with E-state index in [2.05, 4.69) is 36.9 Å². The van der Waals surface area contributed by atoms with Gasteiger partial charge in [-0.3, -0.25) is 0 Å². The molecule has 0 aromatic heterocycles. The second-order valence-corrected chi connectivity index (χ2v) is 4.71. The predicted molar refractivity (Wildman–Crippen MR) is 85.1 cm³/mol. The van der Waals surface area contributed by atoms with E-state index >= 15 is 0 Å². The zero-order valence-corrected chi connectivity index (χ0v) is 11.5. The van der Waals surface area contributed by atoms with Gasteiger partial charge in [-0.05, 0) is 28.2 Å². The summed E-state index contributed by atoms with van der Waals surface area (Å²) in [6.45, 7) is 4.26. The number of hydrogen-bond acceptors (Lipinski definition) is 1. The monoisotopic (exact) mass is 260 g/mol. The summed E-state index contributed by atoms with van der Waals surface area (Å²) in [6, 6.07) is 22.6. The van der Waals surface area contributed by atoms with Crippen LogP contribution < -0.4 is 4.74 Å². The first-order valence-corrected chi connectivity index (χ1v) is 6.61. The van der Waals surface area contributed by atoms with Gasteiger partial charge in [0.05, 0.1) is 7.11 Å². The van der Waals surface area contributed by atoms with Crippen LogP contribution in [0.3, 0.4) is 0 Å². The van der Waals surface area contributed by atoms with Gasteiger partial charge in [0, 0.05) is 5.39 Å². The molecule has 0 saturated heterocycles. The minimum atomic E-state index is 0.894. The van der Waals surface area contributed by atoms with E-state index in [1.165, 1.54) is 5.39 Å². The summed E-state index contributed by atoms with van der Waals surface area (Å²) in [5, 5.41) is 2.28. The summed E-state index contributed by atoms with van der Waals surface area (Å²) in [6.07, 6.45) is 0. The van der Waals surface area contributed by atoms with Crippen LogP contribution in [0, 0.1) is 0 Å². The van der Waals surface area contributed by atoms with Crippen molar-refractivity contribution in [2.75, 3.05) is 7.11 Å². The van der Waals surface area contributed by atoms with Gasteiger partial charge >= 0.3 is 0 Å². The highest BCUT2D eigenvalue weighted by atomic mass is 16.5. The fraction of sp³-hybridized carbons (Fsp3) is 0.0526. The van der Waals surface area contributed by atoms with E-state index in [1.807, 2.05) is 36.4 Å². The summed E-state index contributed by atoms with van der Waals surface area (Å²) in [5.74, 6) is 0.894. The van der Waals surface area contributed by atoms with E-state index in [9.17, 15) is 0 Å². The first-order chi connectivity index (χ1) is 9.81. The topological polar surface area (TPSA) is 9.23 Å². The molecule has 0 spiro atoms. The van der Waals surface area contributed by atoms with Crippen LogP contribution in [0.15, 0.2) is 73.3 Å². The van der Waals surface area contributed by atoms with Gasteiger partial charge in [0.15, 0.2) is 0 Å². The van der Waals surface area contributed by atoms with Crippen molar-refractivity contribution in [3.05, 3.63) is 84.4 Å². The largest absolute Gasteiger partial charge is 0.496 e. The molecule has 0 aliphatic heterocycles. The Morgan fingerprint density at radius 2 is 1.45 bits per heavy atom. The van der Waals surface area contributed by atoms with Gasteiger partial charge in [0.1, 0.15) is 5.75 Å². The van der Waals surface area contributed by atoms with Gasteiger partial charge in [-0.1, -0.05) is 67.2 Å². The first-order valence-electron chi connectivity index (χ1n) is 6.61. The van der Waals surface area contributed by atoms with Crippen LogP contribution in [0.4, 0.5) is 0 Å². The molecule has 0 radical (unpaired) electrons. The summed E-state index contributed by atoms with van der Waals surface area (Å²) in [4.78, 5) is 0. The lowest BCUT2D eigenvalue weighted by Gasteiger charge is -2.12. The van der Waals surface area contributed by atoms with Gasteiger partial charge in [-0.2, -0.15) is 0 Å². The Bertz CT molecular complexity index is 757. The van der Waals surface area contributed by atoms with E-state index in [1.54, 1.807) is 7.11 Å². The van der Waals surface area contributed by atoms with Crippen molar-refractivity contribution in [1.29, 1.82) is 0 Å². The molecule has 0 aliphatic rings. The van der Waals surface area contributed by atoms with Crippen LogP contribution in [0.1, 0.15) is 11.1 Å². The van der Waals surface area contributed by atoms with Crippen molar-refractivity contribution in [2.45, 2.75) is 0 Å². The van der Waals surface area contributed by atoms with Crippen molar-refractivity contribution in [3.63, 3.8) is 0 Å². The Morgan fingerprint density at radius 3 is 2.15 bits per heavy atom. The molecule has 1 heteroatoms. The molecular formula is C19H16O. The molecule has 3 aromatic carbocycles. The van der Waals surface area contributed by atoms with E-state index in [-0.39, 0.29) is 0 Å². The van der Waals surface area contributed by atoms with Crippen LogP contribution in [-0.2, 0) is 0 Å². The fourth-order valence-electron chi connectivity index (χ4n) is 2.51. The smallest absolute Gasteiger partial charge is 0.126 e. The number of benzene rings is 3. The second kappa shape index (κ2) is 5.22.